The number of benzene rings is 3. The average molecular weight is 732 g/mol. The number of nitrogens with zero attached hydrogens (tertiary/aromatic N) is 2. The van der Waals surface area contributed by atoms with E-state index in [1.54, 1.807) is 29.2 Å². The van der Waals surface area contributed by atoms with Gasteiger partial charge in [-0.3, -0.25) is 19.3 Å². The minimum Gasteiger partial charge on any atom is -0.481 e. The number of halogens is 4. The van der Waals surface area contributed by atoms with Crippen molar-refractivity contribution in [3.63, 3.8) is 0 Å². The molecule has 0 aromatic heterocycles. The zero-order chi connectivity index (χ0) is 34.0. The molecule has 0 unspecified atom stereocenters. The second-order valence-electron chi connectivity index (χ2n) is 13.7. The van der Waals surface area contributed by atoms with Crippen LogP contribution in [0, 0.1) is 17.8 Å². The Labute approximate surface area is 299 Å². The predicted molar refractivity (Wildman–Crippen MR) is 187 cm³/mol. The fourth-order valence-corrected chi connectivity index (χ4v) is 9.67. The summed E-state index contributed by atoms with van der Waals surface area (Å²) in [5.74, 6) is -4.62. The van der Waals surface area contributed by atoms with Crippen molar-refractivity contribution in [2.24, 2.45) is 17.8 Å². The zero-order valence-corrected chi connectivity index (χ0v) is 29.2. The molecule has 3 aliphatic heterocycles. The van der Waals surface area contributed by atoms with Gasteiger partial charge in [-0.1, -0.05) is 89.6 Å². The van der Waals surface area contributed by atoms with Crippen molar-refractivity contribution in [2.75, 3.05) is 23.3 Å². The van der Waals surface area contributed by atoms with Crippen LogP contribution in [-0.2, 0) is 31.3 Å². The van der Waals surface area contributed by atoms with Crippen molar-refractivity contribution in [3.05, 3.63) is 91.9 Å². The number of carbonyl (C=O) groups excluding carboxylic acids is 2. The van der Waals surface area contributed by atoms with Crippen molar-refractivity contribution < 1.29 is 24.2 Å². The van der Waals surface area contributed by atoms with Gasteiger partial charge in [0.2, 0.25) is 5.91 Å². The summed E-state index contributed by atoms with van der Waals surface area (Å²) in [5.41, 5.74) is -0.495. The molecule has 252 valence electrons. The highest BCUT2D eigenvalue weighted by atomic mass is 35.5. The van der Waals surface area contributed by atoms with E-state index in [1.165, 1.54) is 6.07 Å². The lowest BCUT2D eigenvalue weighted by Gasteiger charge is -2.38. The van der Waals surface area contributed by atoms with Gasteiger partial charge in [0.15, 0.2) is 0 Å². The van der Waals surface area contributed by atoms with Crippen molar-refractivity contribution in [3.8, 4) is 0 Å². The number of hydrogen-bond acceptors (Lipinski definition) is 5. The molecular weight excluding hydrogens is 696 g/mol. The molecule has 8 nitrogen and oxygen atoms in total. The molecule has 3 aromatic rings. The summed E-state index contributed by atoms with van der Waals surface area (Å²) in [6.07, 6.45) is 4.32. The number of anilines is 2. The summed E-state index contributed by atoms with van der Waals surface area (Å²) in [6.45, 7) is 2.83. The normalized spacial score (nSPS) is 28.1. The number of fused-ring (bicyclic) bond motifs is 4. The molecule has 0 radical (unpaired) electrons. The van der Waals surface area contributed by atoms with Crippen LogP contribution in [-0.4, -0.2) is 52.5 Å². The molecular formula is C36H35Cl4N3O5. The molecule has 3 heterocycles. The summed E-state index contributed by atoms with van der Waals surface area (Å²) in [5, 5.41) is 15.1. The Balaban J connectivity index is 1.37. The lowest BCUT2D eigenvalue weighted by atomic mass is 9.72. The SMILES string of the molecule is C[C@]1(OCc2ccccc2)C[C@@H]2[C@@H](C(=O)N(CC3CCCC3)c3cc(Cl)cc(Cl)c3)[C@@H](C(=O)O)[C@@]3(C(=O)Nc4c(Cl)cc(Cl)cc43)N2C1. The van der Waals surface area contributed by atoms with Gasteiger partial charge in [-0.05, 0) is 68.0 Å². The second-order valence-corrected chi connectivity index (χ2v) is 15.4. The first-order valence-electron chi connectivity index (χ1n) is 16.2. The molecule has 2 amide bonds. The number of carboxylic acids is 1. The average Bonchev–Trinajstić information content (AvgIpc) is 3.79. The van der Waals surface area contributed by atoms with Gasteiger partial charge >= 0.3 is 5.97 Å². The molecule has 4 aliphatic rings. The number of carboxylic acid groups (broad SMARTS) is 1. The van der Waals surface area contributed by atoms with Crippen molar-refractivity contribution in [2.45, 2.75) is 62.8 Å². The van der Waals surface area contributed by atoms with Crippen LogP contribution in [0.25, 0.3) is 0 Å². The van der Waals surface area contributed by atoms with E-state index in [0.29, 0.717) is 46.6 Å². The molecule has 7 rings (SSSR count). The minimum atomic E-state index is -1.78. The fraction of sp³-hybridized carbons (Fsp3) is 0.417. The van der Waals surface area contributed by atoms with Gasteiger partial charge in [-0.25, -0.2) is 0 Å². The first kappa shape index (κ1) is 33.6. The van der Waals surface area contributed by atoms with Gasteiger partial charge in [0.05, 0.1) is 28.8 Å². The van der Waals surface area contributed by atoms with Crippen molar-refractivity contribution in [1.29, 1.82) is 0 Å². The Bertz CT molecular complexity index is 1770. The van der Waals surface area contributed by atoms with Gasteiger partial charge in [0.1, 0.15) is 11.5 Å². The largest absolute Gasteiger partial charge is 0.481 e. The molecule has 12 heteroatoms. The Kier molecular flexibility index (Phi) is 8.97. The number of hydrogen-bond donors (Lipinski definition) is 2. The van der Waals surface area contributed by atoms with E-state index in [1.807, 2.05) is 42.2 Å². The fourth-order valence-electron chi connectivity index (χ4n) is 8.61. The Hall–Kier alpha value is -2.85. The monoisotopic (exact) mass is 729 g/mol. The summed E-state index contributed by atoms with van der Waals surface area (Å²) < 4.78 is 6.56. The van der Waals surface area contributed by atoms with Crippen LogP contribution in [0.15, 0.2) is 60.7 Å². The summed E-state index contributed by atoms with van der Waals surface area (Å²) in [7, 11) is 0. The molecule has 1 spiro atoms. The molecule has 2 saturated heterocycles. The van der Waals surface area contributed by atoms with Gasteiger partial charge in [0.25, 0.3) is 5.91 Å². The van der Waals surface area contributed by atoms with Gasteiger partial charge in [-0.2, -0.15) is 0 Å². The zero-order valence-electron chi connectivity index (χ0n) is 26.2. The molecule has 1 saturated carbocycles. The summed E-state index contributed by atoms with van der Waals surface area (Å²) in [4.78, 5) is 46.8. The van der Waals surface area contributed by atoms with Gasteiger partial charge < -0.3 is 20.1 Å². The van der Waals surface area contributed by atoms with Crippen LogP contribution >= 0.6 is 46.4 Å². The Morgan fingerprint density at radius 1 is 1.00 bits per heavy atom. The van der Waals surface area contributed by atoms with Crippen LogP contribution in [0.4, 0.5) is 11.4 Å². The molecule has 3 fully saturated rings. The first-order chi connectivity index (χ1) is 22.9. The standard InChI is InChI=1S/C36H35Cl4N3O5/c1-35(48-18-21-9-3-2-4-10-21)16-28-29(32(44)42(17-20-7-5-6-8-20)25-12-22(37)11-23(38)13-25)30(33(45)46)36(43(28)19-35)26-14-24(39)15-27(40)31(26)41-34(36)47/h2-4,9-15,20,28-30H,5-8,16-19H2,1H3,(H,41,47)(H,45,46)/t28-,29-,30+,35+,36+/m1/s1. The Morgan fingerprint density at radius 2 is 1.67 bits per heavy atom. The summed E-state index contributed by atoms with van der Waals surface area (Å²) in [6, 6.07) is 17.1. The number of carbonyl (C=O) groups is 3. The van der Waals surface area contributed by atoms with Crippen LogP contribution in [0.5, 0.6) is 0 Å². The maximum Gasteiger partial charge on any atom is 0.310 e. The molecule has 3 aromatic carbocycles. The third-order valence-corrected chi connectivity index (χ3v) is 11.5. The highest BCUT2D eigenvalue weighted by molar-refractivity contribution is 6.38. The molecule has 2 N–H and O–H groups in total. The number of rotatable bonds is 8. The van der Waals surface area contributed by atoms with Crippen molar-refractivity contribution >= 4 is 75.6 Å². The van der Waals surface area contributed by atoms with Crippen molar-refractivity contribution in [1.82, 2.24) is 4.90 Å². The van der Waals surface area contributed by atoms with Crippen LogP contribution < -0.4 is 10.2 Å². The second kappa shape index (κ2) is 12.8. The first-order valence-corrected chi connectivity index (χ1v) is 17.7. The topological polar surface area (TPSA) is 99.2 Å². The van der Waals surface area contributed by atoms with Crippen LogP contribution in [0.1, 0.15) is 50.2 Å². The van der Waals surface area contributed by atoms with Crippen LogP contribution in [0.2, 0.25) is 20.1 Å². The number of aliphatic carboxylic acids is 1. The maximum absolute atomic E-state index is 15.2. The minimum absolute atomic E-state index is 0.192. The highest BCUT2D eigenvalue weighted by Crippen LogP contribution is 2.61. The van der Waals surface area contributed by atoms with Gasteiger partial charge in [0, 0.05) is 45.5 Å². The predicted octanol–water partition coefficient (Wildman–Crippen LogP) is 8.05. The molecule has 5 atom stereocenters. The molecule has 1 aliphatic carbocycles. The third kappa shape index (κ3) is 5.68. The van der Waals surface area contributed by atoms with E-state index in [9.17, 15) is 14.7 Å². The van der Waals surface area contributed by atoms with E-state index in [-0.39, 0.29) is 22.5 Å². The van der Waals surface area contributed by atoms with E-state index in [0.717, 1.165) is 31.2 Å². The quantitative estimate of drug-likeness (QED) is 0.244. The highest BCUT2D eigenvalue weighted by Gasteiger charge is 2.74. The lowest BCUT2D eigenvalue weighted by molar-refractivity contribution is -0.153. The molecule has 0 bridgehead atoms. The lowest BCUT2D eigenvalue weighted by Crippen LogP contribution is -2.55. The van der Waals surface area contributed by atoms with E-state index < -0.39 is 46.8 Å². The van der Waals surface area contributed by atoms with Crippen LogP contribution in [0.3, 0.4) is 0 Å². The number of amides is 2. The van der Waals surface area contributed by atoms with E-state index in [4.69, 9.17) is 51.1 Å². The molecule has 48 heavy (non-hydrogen) atoms. The summed E-state index contributed by atoms with van der Waals surface area (Å²) >= 11 is 26.0. The van der Waals surface area contributed by atoms with E-state index in [2.05, 4.69) is 5.32 Å². The third-order valence-electron chi connectivity index (χ3n) is 10.6. The van der Waals surface area contributed by atoms with Gasteiger partial charge in [-0.15, -0.1) is 0 Å². The van der Waals surface area contributed by atoms with E-state index >= 15 is 4.79 Å². The smallest absolute Gasteiger partial charge is 0.310 e. The number of nitrogens with one attached hydrogen (secondary N) is 1. The maximum atomic E-state index is 15.2. The number of ether oxygens (including phenoxy) is 1. The Morgan fingerprint density at radius 3 is 2.33 bits per heavy atom.